The lowest BCUT2D eigenvalue weighted by molar-refractivity contribution is 0.681. The van der Waals surface area contributed by atoms with Crippen molar-refractivity contribution in [2.45, 2.75) is 25.3 Å². The molecule has 0 bridgehead atoms. The first kappa shape index (κ1) is 7.74. The maximum Gasteiger partial charge on any atom is 0.0300 e. The smallest absolute Gasteiger partial charge is 0.0300 e. The second-order valence-electron chi connectivity index (χ2n) is 3.34. The third-order valence-electron chi connectivity index (χ3n) is 2.15. The summed E-state index contributed by atoms with van der Waals surface area (Å²) in [6, 6.07) is 4.94. The van der Waals surface area contributed by atoms with Crippen molar-refractivity contribution in [3.05, 3.63) is 30.1 Å². The van der Waals surface area contributed by atoms with Gasteiger partial charge in [-0.15, -0.1) is 0 Å². The Balaban J connectivity index is 1.72. The average molecular weight is 162 g/mol. The molecule has 1 aliphatic carbocycles. The molecule has 0 radical (unpaired) electrons. The molecule has 0 unspecified atom stereocenters. The molecule has 0 spiro atoms. The molecular formula is C10H14N2. The van der Waals surface area contributed by atoms with E-state index in [1.165, 1.54) is 18.4 Å². The van der Waals surface area contributed by atoms with Gasteiger partial charge in [0, 0.05) is 18.4 Å². The van der Waals surface area contributed by atoms with Crippen LogP contribution in [0.3, 0.4) is 0 Å². The van der Waals surface area contributed by atoms with Gasteiger partial charge >= 0.3 is 0 Å². The van der Waals surface area contributed by atoms with E-state index in [9.17, 15) is 0 Å². The van der Waals surface area contributed by atoms with E-state index in [0.717, 1.165) is 19.0 Å². The number of nitrogens with one attached hydrogen (secondary N) is 1. The fourth-order valence-electron chi connectivity index (χ4n) is 1.25. The van der Waals surface area contributed by atoms with E-state index in [-0.39, 0.29) is 0 Å². The highest BCUT2D eigenvalue weighted by Gasteiger charge is 2.19. The van der Waals surface area contributed by atoms with Crippen molar-refractivity contribution in [2.75, 3.05) is 6.54 Å². The molecule has 2 rings (SSSR count). The van der Waals surface area contributed by atoms with Gasteiger partial charge in [-0.2, -0.15) is 0 Å². The molecule has 0 aliphatic heterocycles. The lowest BCUT2D eigenvalue weighted by Gasteiger charge is -2.01. The van der Waals surface area contributed by atoms with Gasteiger partial charge in [-0.05, 0) is 37.4 Å². The summed E-state index contributed by atoms with van der Waals surface area (Å²) >= 11 is 0. The first-order valence-electron chi connectivity index (χ1n) is 4.57. The Morgan fingerprint density at radius 1 is 1.50 bits per heavy atom. The molecule has 0 aromatic carbocycles. The minimum Gasteiger partial charge on any atom is -0.314 e. The third kappa shape index (κ3) is 2.31. The zero-order valence-corrected chi connectivity index (χ0v) is 7.16. The van der Waals surface area contributed by atoms with Crippen molar-refractivity contribution in [1.82, 2.24) is 10.3 Å². The van der Waals surface area contributed by atoms with Crippen molar-refractivity contribution in [2.24, 2.45) is 0 Å². The van der Waals surface area contributed by atoms with Crippen molar-refractivity contribution < 1.29 is 0 Å². The van der Waals surface area contributed by atoms with E-state index >= 15 is 0 Å². The van der Waals surface area contributed by atoms with E-state index < -0.39 is 0 Å². The molecule has 0 atom stereocenters. The monoisotopic (exact) mass is 162 g/mol. The van der Waals surface area contributed by atoms with Crippen molar-refractivity contribution >= 4 is 0 Å². The highest BCUT2D eigenvalue weighted by atomic mass is 14.9. The highest BCUT2D eigenvalue weighted by Crippen LogP contribution is 2.18. The number of nitrogens with zero attached hydrogens (tertiary/aromatic N) is 1. The molecule has 1 aromatic rings. The van der Waals surface area contributed by atoms with Crippen LogP contribution in [0.5, 0.6) is 0 Å². The molecule has 1 saturated carbocycles. The third-order valence-corrected chi connectivity index (χ3v) is 2.15. The SMILES string of the molecule is c1cncc(CCNC2CC2)c1. The van der Waals surface area contributed by atoms with Crippen LogP contribution in [-0.2, 0) is 6.42 Å². The van der Waals surface area contributed by atoms with Crippen LogP contribution >= 0.6 is 0 Å². The Morgan fingerprint density at radius 2 is 2.42 bits per heavy atom. The van der Waals surface area contributed by atoms with Gasteiger partial charge in [0.2, 0.25) is 0 Å². The summed E-state index contributed by atoms with van der Waals surface area (Å²) in [5.41, 5.74) is 1.32. The summed E-state index contributed by atoms with van der Waals surface area (Å²) in [5.74, 6) is 0. The average Bonchev–Trinajstić information content (AvgIpc) is 2.90. The fraction of sp³-hybridized carbons (Fsp3) is 0.500. The van der Waals surface area contributed by atoms with Gasteiger partial charge in [0.15, 0.2) is 0 Å². The number of rotatable bonds is 4. The summed E-state index contributed by atoms with van der Waals surface area (Å²) in [4.78, 5) is 4.07. The zero-order valence-electron chi connectivity index (χ0n) is 7.16. The summed E-state index contributed by atoms with van der Waals surface area (Å²) in [6.07, 6.45) is 7.59. The topological polar surface area (TPSA) is 24.9 Å². The maximum absolute atomic E-state index is 4.07. The Labute approximate surface area is 73.0 Å². The second kappa shape index (κ2) is 3.68. The predicted octanol–water partition coefficient (Wildman–Crippen LogP) is 1.38. The summed E-state index contributed by atoms with van der Waals surface area (Å²) in [5, 5.41) is 3.48. The normalized spacial score (nSPS) is 16.3. The molecule has 1 N–H and O–H groups in total. The number of pyridine rings is 1. The predicted molar refractivity (Wildman–Crippen MR) is 49.0 cm³/mol. The quantitative estimate of drug-likeness (QED) is 0.723. The van der Waals surface area contributed by atoms with Crippen molar-refractivity contribution in [1.29, 1.82) is 0 Å². The lowest BCUT2D eigenvalue weighted by Crippen LogP contribution is -2.19. The molecule has 2 heteroatoms. The van der Waals surface area contributed by atoms with Gasteiger partial charge in [-0.3, -0.25) is 4.98 Å². The Morgan fingerprint density at radius 3 is 3.08 bits per heavy atom. The number of aromatic nitrogens is 1. The zero-order chi connectivity index (χ0) is 8.23. The van der Waals surface area contributed by atoms with Crippen LogP contribution in [0.15, 0.2) is 24.5 Å². The number of hydrogen-bond donors (Lipinski definition) is 1. The summed E-state index contributed by atoms with van der Waals surface area (Å²) < 4.78 is 0. The van der Waals surface area contributed by atoms with E-state index in [4.69, 9.17) is 0 Å². The van der Waals surface area contributed by atoms with Crippen LogP contribution in [0.2, 0.25) is 0 Å². The van der Waals surface area contributed by atoms with E-state index in [2.05, 4.69) is 16.4 Å². The molecule has 64 valence electrons. The number of hydrogen-bond acceptors (Lipinski definition) is 2. The molecule has 1 aliphatic rings. The Hall–Kier alpha value is -0.890. The van der Waals surface area contributed by atoms with Crippen LogP contribution in [0, 0.1) is 0 Å². The molecule has 1 fully saturated rings. The van der Waals surface area contributed by atoms with Gasteiger partial charge in [0.1, 0.15) is 0 Å². The maximum atomic E-state index is 4.07. The van der Waals surface area contributed by atoms with Crippen LogP contribution in [0.1, 0.15) is 18.4 Å². The van der Waals surface area contributed by atoms with Gasteiger partial charge in [0.25, 0.3) is 0 Å². The van der Waals surface area contributed by atoms with Crippen molar-refractivity contribution in [3.8, 4) is 0 Å². The largest absolute Gasteiger partial charge is 0.314 e. The molecular weight excluding hydrogens is 148 g/mol. The molecule has 2 nitrogen and oxygen atoms in total. The summed E-state index contributed by atoms with van der Waals surface area (Å²) in [7, 11) is 0. The molecule has 0 saturated heterocycles. The van der Waals surface area contributed by atoms with E-state index in [1.54, 1.807) is 0 Å². The fourth-order valence-corrected chi connectivity index (χ4v) is 1.25. The van der Waals surface area contributed by atoms with Gasteiger partial charge in [-0.25, -0.2) is 0 Å². The standard InChI is InChI=1S/C10H14N2/c1-2-9(8-11-6-1)5-7-12-10-3-4-10/h1-2,6,8,10,12H,3-5,7H2. The Bertz CT molecular complexity index is 229. The first-order chi connectivity index (χ1) is 5.95. The van der Waals surface area contributed by atoms with Crippen LogP contribution in [0.4, 0.5) is 0 Å². The van der Waals surface area contributed by atoms with Gasteiger partial charge < -0.3 is 5.32 Å². The molecule has 0 amide bonds. The Kier molecular flexibility index (Phi) is 2.37. The highest BCUT2D eigenvalue weighted by molar-refractivity contribution is 5.08. The first-order valence-corrected chi connectivity index (χ1v) is 4.57. The summed E-state index contributed by atoms with van der Waals surface area (Å²) in [6.45, 7) is 1.09. The van der Waals surface area contributed by atoms with Crippen LogP contribution < -0.4 is 5.32 Å². The lowest BCUT2D eigenvalue weighted by atomic mass is 10.2. The van der Waals surface area contributed by atoms with Crippen LogP contribution in [0.25, 0.3) is 0 Å². The van der Waals surface area contributed by atoms with E-state index in [0.29, 0.717) is 0 Å². The van der Waals surface area contributed by atoms with Crippen LogP contribution in [-0.4, -0.2) is 17.6 Å². The van der Waals surface area contributed by atoms with E-state index in [1.807, 2.05) is 18.5 Å². The minimum absolute atomic E-state index is 0.821. The second-order valence-corrected chi connectivity index (χ2v) is 3.34. The minimum atomic E-state index is 0.821. The molecule has 12 heavy (non-hydrogen) atoms. The van der Waals surface area contributed by atoms with Gasteiger partial charge in [-0.1, -0.05) is 6.07 Å². The molecule has 1 heterocycles. The van der Waals surface area contributed by atoms with Crippen molar-refractivity contribution in [3.63, 3.8) is 0 Å². The van der Waals surface area contributed by atoms with Gasteiger partial charge in [0.05, 0.1) is 0 Å². The molecule has 1 aromatic heterocycles.